The van der Waals surface area contributed by atoms with Crippen molar-refractivity contribution in [2.24, 2.45) is 0 Å². The van der Waals surface area contributed by atoms with Crippen LogP contribution in [0.1, 0.15) is 0 Å². The maximum atomic E-state index is 12.7. The normalized spacial score (nSPS) is 11.3. The molecule has 0 bridgehead atoms. The van der Waals surface area contributed by atoms with Gasteiger partial charge >= 0.3 is 0 Å². The van der Waals surface area contributed by atoms with Gasteiger partial charge in [0.05, 0.1) is 4.90 Å². The van der Waals surface area contributed by atoms with Crippen LogP contribution in [0.4, 0.5) is 4.39 Å². The molecule has 0 aliphatic rings. The lowest BCUT2D eigenvalue weighted by Gasteiger charge is -2.16. The Balaban J connectivity index is 0.00000256. The molecule has 0 aliphatic heterocycles. The fourth-order valence-corrected chi connectivity index (χ4v) is 2.35. The number of hydrogen-bond acceptors (Lipinski definition) is 3. The molecule has 1 N–H and O–H groups in total. The van der Waals surface area contributed by atoms with Gasteiger partial charge in [-0.25, -0.2) is 12.8 Å². The van der Waals surface area contributed by atoms with E-state index in [9.17, 15) is 12.8 Å². The van der Waals surface area contributed by atoms with Gasteiger partial charge in [-0.15, -0.1) is 12.4 Å². The van der Waals surface area contributed by atoms with Gasteiger partial charge in [-0.1, -0.05) is 0 Å². The minimum atomic E-state index is -3.50. The Labute approximate surface area is 107 Å². The van der Waals surface area contributed by atoms with Crippen LogP contribution in [-0.2, 0) is 10.0 Å². The Bertz CT molecular complexity index is 436. The number of hydrogen-bond donors (Lipinski definition) is 1. The summed E-state index contributed by atoms with van der Waals surface area (Å²) < 4.78 is 37.7. The first kappa shape index (κ1) is 16.3. The van der Waals surface area contributed by atoms with Crippen molar-refractivity contribution in [3.63, 3.8) is 0 Å². The molecule has 0 radical (unpaired) electrons. The molecular formula is C10H16ClFN2O2S. The monoisotopic (exact) mass is 282 g/mol. The first-order chi connectivity index (χ1) is 7.48. The fraction of sp³-hybridized carbons (Fsp3) is 0.400. The standard InChI is InChI=1S/C10H15FN2O2S.ClH/c1-12-7-8-13(2)16(14,15)10-5-3-9(11)4-6-10;/h3-6,12H,7-8H2,1-2H3;1H. The minimum absolute atomic E-state index is 0. The van der Waals surface area contributed by atoms with Crippen molar-refractivity contribution in [3.8, 4) is 0 Å². The first-order valence-corrected chi connectivity index (χ1v) is 6.29. The van der Waals surface area contributed by atoms with Gasteiger partial charge in [0, 0.05) is 20.1 Å². The van der Waals surface area contributed by atoms with Crippen LogP contribution in [0.15, 0.2) is 29.2 Å². The van der Waals surface area contributed by atoms with Crippen LogP contribution in [0.5, 0.6) is 0 Å². The number of nitrogens with zero attached hydrogens (tertiary/aromatic N) is 1. The highest BCUT2D eigenvalue weighted by Gasteiger charge is 2.19. The van der Waals surface area contributed by atoms with Crippen LogP contribution >= 0.6 is 12.4 Å². The van der Waals surface area contributed by atoms with Crippen molar-refractivity contribution < 1.29 is 12.8 Å². The molecule has 4 nitrogen and oxygen atoms in total. The predicted octanol–water partition coefficient (Wildman–Crippen LogP) is 1.09. The molecule has 0 amide bonds. The molecule has 0 spiro atoms. The van der Waals surface area contributed by atoms with Crippen LogP contribution in [-0.4, -0.2) is 39.9 Å². The molecule has 17 heavy (non-hydrogen) atoms. The lowest BCUT2D eigenvalue weighted by Crippen LogP contribution is -2.32. The molecule has 0 aromatic heterocycles. The molecule has 0 heterocycles. The molecule has 1 aromatic rings. The largest absolute Gasteiger partial charge is 0.318 e. The average molecular weight is 283 g/mol. The van der Waals surface area contributed by atoms with E-state index in [1.807, 2.05) is 0 Å². The van der Waals surface area contributed by atoms with Gasteiger partial charge in [0.15, 0.2) is 0 Å². The SMILES string of the molecule is CNCCN(C)S(=O)(=O)c1ccc(F)cc1.Cl. The molecule has 7 heteroatoms. The smallest absolute Gasteiger partial charge is 0.242 e. The molecule has 0 unspecified atom stereocenters. The minimum Gasteiger partial charge on any atom is -0.318 e. The van der Waals surface area contributed by atoms with Crippen molar-refractivity contribution in [2.75, 3.05) is 27.2 Å². The summed E-state index contributed by atoms with van der Waals surface area (Å²) in [5.41, 5.74) is 0. The second-order valence-electron chi connectivity index (χ2n) is 3.38. The summed E-state index contributed by atoms with van der Waals surface area (Å²) in [6, 6.07) is 4.80. The highest BCUT2D eigenvalue weighted by Crippen LogP contribution is 2.14. The molecule has 0 saturated heterocycles. The second kappa shape index (κ2) is 6.90. The summed E-state index contributed by atoms with van der Waals surface area (Å²) in [6.45, 7) is 0.938. The molecule has 1 rings (SSSR count). The zero-order chi connectivity index (χ0) is 12.2. The van der Waals surface area contributed by atoms with E-state index in [4.69, 9.17) is 0 Å². The third kappa shape index (κ3) is 4.23. The zero-order valence-corrected chi connectivity index (χ0v) is 11.3. The maximum absolute atomic E-state index is 12.7. The van der Waals surface area contributed by atoms with E-state index >= 15 is 0 Å². The van der Waals surface area contributed by atoms with E-state index < -0.39 is 15.8 Å². The third-order valence-electron chi connectivity index (χ3n) is 2.20. The number of rotatable bonds is 5. The highest BCUT2D eigenvalue weighted by atomic mass is 35.5. The van der Waals surface area contributed by atoms with Crippen LogP contribution < -0.4 is 5.32 Å². The molecule has 0 saturated carbocycles. The van der Waals surface area contributed by atoms with Crippen molar-refractivity contribution in [3.05, 3.63) is 30.1 Å². The van der Waals surface area contributed by atoms with E-state index in [-0.39, 0.29) is 17.3 Å². The van der Waals surface area contributed by atoms with E-state index in [2.05, 4.69) is 5.32 Å². The van der Waals surface area contributed by atoms with Crippen LogP contribution in [0, 0.1) is 5.82 Å². The van der Waals surface area contributed by atoms with Gasteiger partial charge in [0.2, 0.25) is 10.0 Å². The summed E-state index contributed by atoms with van der Waals surface area (Å²) in [4.78, 5) is 0.104. The van der Waals surface area contributed by atoms with Gasteiger partial charge in [-0.2, -0.15) is 4.31 Å². The van der Waals surface area contributed by atoms with Gasteiger partial charge in [-0.05, 0) is 31.3 Å². The summed E-state index contributed by atoms with van der Waals surface area (Å²) in [6.07, 6.45) is 0. The quantitative estimate of drug-likeness (QED) is 0.879. The molecular weight excluding hydrogens is 267 g/mol. The maximum Gasteiger partial charge on any atom is 0.242 e. The van der Waals surface area contributed by atoms with E-state index in [1.165, 1.54) is 23.5 Å². The lowest BCUT2D eigenvalue weighted by atomic mass is 10.4. The van der Waals surface area contributed by atoms with Gasteiger partial charge < -0.3 is 5.32 Å². The molecule has 0 aliphatic carbocycles. The molecule has 98 valence electrons. The summed E-state index contributed by atoms with van der Waals surface area (Å²) >= 11 is 0. The van der Waals surface area contributed by atoms with Crippen molar-refractivity contribution >= 4 is 22.4 Å². The average Bonchev–Trinajstić information content (AvgIpc) is 2.26. The summed E-state index contributed by atoms with van der Waals surface area (Å²) in [7, 11) is -0.257. The lowest BCUT2D eigenvalue weighted by molar-refractivity contribution is 0.466. The van der Waals surface area contributed by atoms with E-state index in [0.29, 0.717) is 13.1 Å². The highest BCUT2D eigenvalue weighted by molar-refractivity contribution is 7.89. The van der Waals surface area contributed by atoms with E-state index in [1.54, 1.807) is 7.05 Å². The second-order valence-corrected chi connectivity index (χ2v) is 5.43. The molecule has 1 aromatic carbocycles. The molecule has 0 atom stereocenters. The van der Waals surface area contributed by atoms with Crippen molar-refractivity contribution in [2.45, 2.75) is 4.90 Å². The van der Waals surface area contributed by atoms with Crippen LogP contribution in [0.2, 0.25) is 0 Å². The third-order valence-corrected chi connectivity index (χ3v) is 4.07. The molecule has 0 fully saturated rings. The number of sulfonamides is 1. The zero-order valence-electron chi connectivity index (χ0n) is 9.68. The number of benzene rings is 1. The van der Waals surface area contributed by atoms with Gasteiger partial charge in [0.25, 0.3) is 0 Å². The number of nitrogens with one attached hydrogen (secondary N) is 1. The Kier molecular flexibility index (Phi) is 6.62. The van der Waals surface area contributed by atoms with Crippen LogP contribution in [0.25, 0.3) is 0 Å². The Morgan fingerprint density at radius 3 is 2.29 bits per heavy atom. The van der Waals surface area contributed by atoms with Gasteiger partial charge in [-0.3, -0.25) is 0 Å². The predicted molar refractivity (Wildman–Crippen MR) is 67.4 cm³/mol. The van der Waals surface area contributed by atoms with Gasteiger partial charge in [0.1, 0.15) is 5.82 Å². The van der Waals surface area contributed by atoms with E-state index in [0.717, 1.165) is 12.1 Å². The Hall–Kier alpha value is -0.690. The first-order valence-electron chi connectivity index (χ1n) is 4.85. The topological polar surface area (TPSA) is 49.4 Å². The van der Waals surface area contributed by atoms with Crippen molar-refractivity contribution in [1.29, 1.82) is 0 Å². The van der Waals surface area contributed by atoms with Crippen LogP contribution in [0.3, 0.4) is 0 Å². The summed E-state index contributed by atoms with van der Waals surface area (Å²) in [5.74, 6) is -0.447. The fourth-order valence-electron chi connectivity index (χ4n) is 1.18. The number of likely N-dealkylation sites (N-methyl/N-ethyl adjacent to an activating group) is 2. The summed E-state index contributed by atoms with van der Waals surface area (Å²) in [5, 5.41) is 2.87. The number of halogens is 2. The Morgan fingerprint density at radius 1 is 1.29 bits per heavy atom. The van der Waals surface area contributed by atoms with Crippen molar-refractivity contribution in [1.82, 2.24) is 9.62 Å². The Morgan fingerprint density at radius 2 is 1.82 bits per heavy atom.